The molecule has 0 amide bonds. The van der Waals surface area contributed by atoms with Gasteiger partial charge in [-0.3, -0.25) is 0 Å². The van der Waals surface area contributed by atoms with Crippen LogP contribution in [-0.4, -0.2) is 56.7 Å². The van der Waals surface area contributed by atoms with E-state index in [9.17, 15) is 31.2 Å². The fraction of sp³-hybridized carbons (Fsp3) is 0.290. The van der Waals surface area contributed by atoms with E-state index >= 15 is 17.6 Å². The highest BCUT2D eigenvalue weighted by Gasteiger charge is 2.70. The van der Waals surface area contributed by atoms with Crippen LogP contribution in [0, 0.1) is 0 Å². The normalized spacial score (nSPS) is 14.4. The first kappa shape index (κ1) is 38.5. The molecule has 1 atom stereocenters. The molecule has 48 heavy (non-hydrogen) atoms. The summed E-state index contributed by atoms with van der Waals surface area (Å²) in [6.07, 6.45) is -8.42. The van der Waals surface area contributed by atoms with Crippen LogP contribution in [0.1, 0.15) is 20.3 Å². The molecule has 3 aromatic rings. The van der Waals surface area contributed by atoms with Crippen molar-refractivity contribution in [3.63, 3.8) is 0 Å². The van der Waals surface area contributed by atoms with E-state index in [1.165, 1.54) is 91.0 Å². The Morgan fingerprint density at radius 1 is 0.750 bits per heavy atom. The molecule has 0 saturated heterocycles. The molecule has 0 aromatic heterocycles. The Bertz CT molecular complexity index is 1590. The summed E-state index contributed by atoms with van der Waals surface area (Å²) < 4.78 is 149. The molecule has 17 heteroatoms. The van der Waals surface area contributed by atoms with Gasteiger partial charge < -0.3 is 14.2 Å². The Morgan fingerprint density at radius 3 is 1.52 bits per heavy atom. The van der Waals surface area contributed by atoms with Gasteiger partial charge in [0.25, 0.3) is 0 Å². The van der Waals surface area contributed by atoms with Crippen molar-refractivity contribution < 1.29 is 66.6 Å². The van der Waals surface area contributed by atoms with Crippen molar-refractivity contribution >= 4 is 32.4 Å². The molecule has 0 aliphatic rings. The minimum Gasteiger partial charge on any atom is -0.461 e. The van der Waals surface area contributed by atoms with Crippen LogP contribution in [0.3, 0.4) is 0 Å². The van der Waals surface area contributed by atoms with Crippen LogP contribution >= 0.6 is 10.3 Å². The average molecular weight is 727 g/mol. The second-order valence-corrected chi connectivity index (χ2v) is 14.3. The van der Waals surface area contributed by atoms with Crippen molar-refractivity contribution in [1.82, 2.24) is 0 Å². The first-order chi connectivity index (χ1) is 22.3. The molecule has 3 rings (SSSR count). The standard InChI is InChI=1S/C31H29F7O8S2/c1-4-43-27(40)29(30(34,35)36,45-26(39)22(2)3)44-21-20-28(32,33)31(37,38)48(41,42)46-47(23-14-8-5-9-15-23,24-16-10-6-11-17-24)25-18-12-7-13-19-25/h5-19H,2,4,20-21H2,1,3H3. The summed E-state index contributed by atoms with van der Waals surface area (Å²) in [5.74, 6) is -14.7. The van der Waals surface area contributed by atoms with Crippen LogP contribution in [0.5, 0.6) is 0 Å². The molecule has 0 saturated carbocycles. The topological polar surface area (TPSA) is 105 Å². The second-order valence-electron chi connectivity index (χ2n) is 9.84. The van der Waals surface area contributed by atoms with Crippen LogP contribution in [0.15, 0.2) is 118 Å². The van der Waals surface area contributed by atoms with E-state index in [2.05, 4.69) is 20.8 Å². The van der Waals surface area contributed by atoms with Gasteiger partial charge in [0.05, 0.1) is 13.2 Å². The maximum atomic E-state index is 15.6. The fourth-order valence-electron chi connectivity index (χ4n) is 4.02. The number of carbonyl (C=O) groups excluding carboxylic acids is 2. The zero-order valence-electron chi connectivity index (χ0n) is 25.2. The molecule has 0 fully saturated rings. The van der Waals surface area contributed by atoms with Crippen molar-refractivity contribution in [2.45, 2.75) is 58.1 Å². The average Bonchev–Trinajstić information content (AvgIpc) is 3.03. The van der Waals surface area contributed by atoms with Gasteiger partial charge in [-0.15, -0.1) is 0 Å². The summed E-state index contributed by atoms with van der Waals surface area (Å²) in [6, 6.07) is 21.4. The molecule has 0 N–H and O–H groups in total. The minimum atomic E-state index is -6.68. The number of rotatable bonds is 15. The van der Waals surface area contributed by atoms with E-state index in [0.29, 0.717) is 0 Å². The summed E-state index contributed by atoms with van der Waals surface area (Å²) in [5, 5.41) is -6.10. The molecule has 0 bridgehead atoms. The highest BCUT2D eigenvalue weighted by Crippen LogP contribution is 2.71. The van der Waals surface area contributed by atoms with Crippen molar-refractivity contribution in [2.24, 2.45) is 0 Å². The van der Waals surface area contributed by atoms with E-state index < -0.39 is 80.7 Å². The monoisotopic (exact) mass is 726 g/mol. The third-order valence-corrected chi connectivity index (χ3v) is 11.6. The van der Waals surface area contributed by atoms with Crippen molar-refractivity contribution in [3.05, 3.63) is 103 Å². The van der Waals surface area contributed by atoms with E-state index in [1.807, 2.05) is 0 Å². The zero-order chi connectivity index (χ0) is 36.0. The summed E-state index contributed by atoms with van der Waals surface area (Å²) in [6.45, 7) is 2.17. The Hall–Kier alpha value is -3.93. The number of esters is 2. The summed E-state index contributed by atoms with van der Waals surface area (Å²) in [5.41, 5.74) is -0.683. The number of halogens is 7. The number of hydrogen-bond acceptors (Lipinski definition) is 8. The van der Waals surface area contributed by atoms with E-state index in [1.54, 1.807) is 0 Å². The third-order valence-electron chi connectivity index (χ3n) is 6.38. The first-order valence-electron chi connectivity index (χ1n) is 13.8. The predicted octanol–water partition coefficient (Wildman–Crippen LogP) is 7.81. The molecule has 8 nitrogen and oxygen atoms in total. The largest absolute Gasteiger partial charge is 0.468 e. The van der Waals surface area contributed by atoms with Crippen molar-refractivity contribution in [1.29, 1.82) is 0 Å². The van der Waals surface area contributed by atoms with Crippen LogP contribution in [-0.2, 0) is 37.5 Å². The minimum absolute atomic E-state index is 0.0251. The molecule has 0 radical (unpaired) electrons. The van der Waals surface area contributed by atoms with Crippen LogP contribution in [0.25, 0.3) is 0 Å². The highest BCUT2D eigenvalue weighted by atomic mass is 32.3. The smallest absolute Gasteiger partial charge is 0.461 e. The number of ether oxygens (including phenoxy) is 3. The van der Waals surface area contributed by atoms with Crippen molar-refractivity contribution in [3.8, 4) is 0 Å². The molecular weight excluding hydrogens is 697 g/mol. The lowest BCUT2D eigenvalue weighted by atomic mass is 10.2. The van der Waals surface area contributed by atoms with Gasteiger partial charge in [0, 0.05) is 26.7 Å². The van der Waals surface area contributed by atoms with Gasteiger partial charge in [0.1, 0.15) is 0 Å². The third kappa shape index (κ3) is 7.53. The Balaban J connectivity index is 2.07. The molecular formula is C31H29F7O8S2. The fourth-order valence-corrected chi connectivity index (χ4v) is 9.29. The Kier molecular flexibility index (Phi) is 11.8. The van der Waals surface area contributed by atoms with E-state index in [0.717, 1.165) is 13.8 Å². The second kappa shape index (κ2) is 14.7. The molecule has 262 valence electrons. The van der Waals surface area contributed by atoms with Gasteiger partial charge in [-0.25, -0.2) is 13.2 Å². The van der Waals surface area contributed by atoms with Crippen molar-refractivity contribution in [2.75, 3.05) is 13.2 Å². The van der Waals surface area contributed by atoms with Crippen LogP contribution in [0.4, 0.5) is 30.7 Å². The quantitative estimate of drug-likeness (QED) is 0.0677. The lowest BCUT2D eigenvalue weighted by Crippen LogP contribution is -2.59. The van der Waals surface area contributed by atoms with Crippen LogP contribution < -0.4 is 0 Å². The Morgan fingerprint density at radius 2 is 1.17 bits per heavy atom. The lowest BCUT2D eigenvalue weighted by Gasteiger charge is -2.40. The first-order valence-corrected chi connectivity index (χ1v) is 16.7. The van der Waals surface area contributed by atoms with Gasteiger partial charge in [-0.1, -0.05) is 61.2 Å². The summed E-state index contributed by atoms with van der Waals surface area (Å²) in [7, 11) is -10.4. The molecule has 0 spiro atoms. The highest BCUT2D eigenvalue weighted by molar-refractivity contribution is 8.33. The zero-order valence-corrected chi connectivity index (χ0v) is 26.8. The summed E-state index contributed by atoms with van der Waals surface area (Å²) in [4.78, 5) is 24.4. The van der Waals surface area contributed by atoms with Crippen LogP contribution in [0.2, 0.25) is 0 Å². The van der Waals surface area contributed by atoms with E-state index in [-0.39, 0.29) is 14.7 Å². The Labute approximate surface area is 273 Å². The molecule has 0 aliphatic carbocycles. The number of alkyl halides is 7. The SMILES string of the molecule is C=C(C)C(=O)OC(OCCC(F)(F)C(F)(F)S(=O)(=O)OS(c1ccccc1)(c1ccccc1)c1ccccc1)(C(=O)OCC)C(F)(F)F. The number of benzene rings is 3. The lowest BCUT2D eigenvalue weighted by molar-refractivity contribution is -0.357. The van der Waals surface area contributed by atoms with Gasteiger partial charge in [0.15, 0.2) is 0 Å². The van der Waals surface area contributed by atoms with Gasteiger partial charge in [0.2, 0.25) is 0 Å². The maximum absolute atomic E-state index is 15.6. The molecule has 0 aliphatic heterocycles. The molecule has 3 aromatic carbocycles. The predicted molar refractivity (Wildman–Crippen MR) is 159 cm³/mol. The van der Waals surface area contributed by atoms with Gasteiger partial charge >= 0.3 is 45.2 Å². The molecule has 1 unspecified atom stereocenters. The molecule has 0 heterocycles. The maximum Gasteiger partial charge on any atom is 0.468 e. The number of hydrogen-bond donors (Lipinski definition) is 0. The number of carbonyl (C=O) groups is 2. The van der Waals surface area contributed by atoms with E-state index in [4.69, 9.17) is 3.63 Å². The summed E-state index contributed by atoms with van der Waals surface area (Å²) >= 11 is 0. The van der Waals surface area contributed by atoms with Gasteiger partial charge in [-0.2, -0.15) is 39.2 Å². The van der Waals surface area contributed by atoms with Gasteiger partial charge in [-0.05, 0) is 60.6 Å².